The third-order valence-electron chi connectivity index (χ3n) is 3.53. The Hall–Kier alpha value is -2.60. The number of rotatable bonds is 7. The molecule has 0 fully saturated rings. The second-order valence-electron chi connectivity index (χ2n) is 5.25. The maximum Gasteiger partial charge on any atom is 0.231 e. The molecule has 120 valence electrons. The second kappa shape index (κ2) is 7.60. The first-order valence-electron chi connectivity index (χ1n) is 7.56. The topological polar surface area (TPSA) is 72.5 Å². The summed E-state index contributed by atoms with van der Waals surface area (Å²) in [4.78, 5) is 15.8. The van der Waals surface area contributed by atoms with Gasteiger partial charge >= 0.3 is 0 Å². The van der Waals surface area contributed by atoms with E-state index in [1.54, 1.807) is 12.4 Å². The highest BCUT2D eigenvalue weighted by atomic mass is 16.7. The van der Waals surface area contributed by atoms with Crippen LogP contribution in [0.4, 0.5) is 0 Å². The van der Waals surface area contributed by atoms with Crippen LogP contribution in [0, 0.1) is 0 Å². The van der Waals surface area contributed by atoms with Gasteiger partial charge < -0.3 is 20.1 Å². The van der Waals surface area contributed by atoms with Crippen LogP contribution in [0.3, 0.4) is 0 Å². The molecule has 0 atom stereocenters. The number of carbonyl (C=O) groups is 1. The predicted molar refractivity (Wildman–Crippen MR) is 85.0 cm³/mol. The van der Waals surface area contributed by atoms with E-state index in [0.717, 1.165) is 29.2 Å². The molecule has 1 aromatic carbocycles. The molecule has 2 heterocycles. The minimum Gasteiger partial charge on any atom is -0.454 e. The predicted octanol–water partition coefficient (Wildman–Crippen LogP) is 1.61. The third-order valence-corrected chi connectivity index (χ3v) is 3.53. The molecule has 0 unspecified atom stereocenters. The van der Waals surface area contributed by atoms with Crippen molar-refractivity contribution in [3.8, 4) is 11.5 Å². The molecular weight excluding hydrogens is 294 g/mol. The van der Waals surface area contributed by atoms with E-state index in [0.29, 0.717) is 19.5 Å². The van der Waals surface area contributed by atoms with Crippen LogP contribution in [-0.2, 0) is 17.9 Å². The highest BCUT2D eigenvalue weighted by Crippen LogP contribution is 2.32. The summed E-state index contributed by atoms with van der Waals surface area (Å²) in [5, 5.41) is 6.14. The molecule has 23 heavy (non-hydrogen) atoms. The van der Waals surface area contributed by atoms with E-state index in [1.807, 2.05) is 30.3 Å². The quantitative estimate of drug-likeness (QED) is 0.760. The summed E-state index contributed by atoms with van der Waals surface area (Å²) in [5.41, 5.74) is 2.15. The summed E-state index contributed by atoms with van der Waals surface area (Å²) in [6, 6.07) is 9.58. The Morgan fingerprint density at radius 2 is 1.87 bits per heavy atom. The molecule has 1 amide bonds. The lowest BCUT2D eigenvalue weighted by atomic mass is 10.2. The van der Waals surface area contributed by atoms with Gasteiger partial charge in [0.1, 0.15) is 0 Å². The van der Waals surface area contributed by atoms with E-state index in [4.69, 9.17) is 9.47 Å². The first-order valence-corrected chi connectivity index (χ1v) is 7.56. The minimum atomic E-state index is 0.0184. The second-order valence-corrected chi connectivity index (χ2v) is 5.25. The highest BCUT2D eigenvalue weighted by molar-refractivity contribution is 5.76. The molecule has 1 aromatic heterocycles. The van der Waals surface area contributed by atoms with E-state index in [9.17, 15) is 4.79 Å². The van der Waals surface area contributed by atoms with Crippen LogP contribution in [0.1, 0.15) is 17.5 Å². The van der Waals surface area contributed by atoms with Gasteiger partial charge in [0.15, 0.2) is 11.5 Å². The molecule has 0 radical (unpaired) electrons. The van der Waals surface area contributed by atoms with Crippen molar-refractivity contribution in [1.29, 1.82) is 0 Å². The molecule has 0 bridgehead atoms. The van der Waals surface area contributed by atoms with Crippen LogP contribution < -0.4 is 20.1 Å². The molecule has 1 aliphatic heterocycles. The van der Waals surface area contributed by atoms with Crippen LogP contribution in [-0.4, -0.2) is 24.2 Å². The Morgan fingerprint density at radius 3 is 2.74 bits per heavy atom. The average Bonchev–Trinajstić information content (AvgIpc) is 3.05. The summed E-state index contributed by atoms with van der Waals surface area (Å²) in [6.45, 7) is 2.11. The molecule has 0 saturated carbocycles. The number of carbonyl (C=O) groups excluding carboxylic acids is 1. The molecule has 0 aliphatic carbocycles. The van der Waals surface area contributed by atoms with Gasteiger partial charge in [0.05, 0.1) is 0 Å². The molecular formula is C17H19N3O3. The van der Waals surface area contributed by atoms with E-state index < -0.39 is 0 Å². The molecule has 2 aromatic rings. The maximum atomic E-state index is 11.8. The largest absolute Gasteiger partial charge is 0.454 e. The van der Waals surface area contributed by atoms with Gasteiger partial charge in [-0.05, 0) is 35.4 Å². The lowest BCUT2D eigenvalue weighted by Gasteiger charge is -2.07. The number of fused-ring (bicyclic) bond motifs is 1. The van der Waals surface area contributed by atoms with E-state index in [1.165, 1.54) is 0 Å². The fourth-order valence-electron chi connectivity index (χ4n) is 2.28. The Kier molecular flexibility index (Phi) is 5.06. The van der Waals surface area contributed by atoms with Crippen molar-refractivity contribution in [3.05, 3.63) is 53.9 Å². The van der Waals surface area contributed by atoms with Crippen molar-refractivity contribution < 1.29 is 14.3 Å². The summed E-state index contributed by atoms with van der Waals surface area (Å²) < 4.78 is 10.6. The Labute approximate surface area is 134 Å². The van der Waals surface area contributed by atoms with E-state index in [2.05, 4.69) is 15.6 Å². The third kappa shape index (κ3) is 4.43. The van der Waals surface area contributed by atoms with Gasteiger partial charge in [-0.25, -0.2) is 0 Å². The van der Waals surface area contributed by atoms with Crippen LogP contribution in [0.2, 0.25) is 0 Å². The standard InChI is InChI=1S/C17H19N3O3/c21-17(5-8-19-10-13-3-6-18-7-4-13)20-11-14-1-2-15-16(9-14)23-12-22-15/h1-4,6-7,9,19H,5,8,10-12H2,(H,20,21). The number of pyridine rings is 1. The number of benzene rings is 1. The molecule has 6 heteroatoms. The zero-order valence-electron chi connectivity index (χ0n) is 12.7. The summed E-state index contributed by atoms with van der Waals surface area (Å²) in [5.74, 6) is 1.50. The van der Waals surface area contributed by atoms with Crippen LogP contribution in [0.25, 0.3) is 0 Å². The number of nitrogens with one attached hydrogen (secondary N) is 2. The molecule has 0 spiro atoms. The van der Waals surface area contributed by atoms with Gasteiger partial charge in [0.25, 0.3) is 0 Å². The highest BCUT2D eigenvalue weighted by Gasteiger charge is 2.13. The van der Waals surface area contributed by atoms with Crippen molar-refractivity contribution in [3.63, 3.8) is 0 Å². The van der Waals surface area contributed by atoms with Gasteiger partial charge in [0, 0.05) is 38.4 Å². The van der Waals surface area contributed by atoms with Gasteiger partial charge in [-0.15, -0.1) is 0 Å². The number of amides is 1. The monoisotopic (exact) mass is 313 g/mol. The molecule has 2 N–H and O–H groups in total. The Balaban J connectivity index is 1.35. The first-order chi connectivity index (χ1) is 11.3. The Morgan fingerprint density at radius 1 is 1.04 bits per heavy atom. The van der Waals surface area contributed by atoms with Crippen LogP contribution in [0.15, 0.2) is 42.7 Å². The van der Waals surface area contributed by atoms with E-state index >= 15 is 0 Å². The van der Waals surface area contributed by atoms with Gasteiger partial charge in [0.2, 0.25) is 12.7 Å². The summed E-state index contributed by atoms with van der Waals surface area (Å²) in [7, 11) is 0. The molecule has 3 rings (SSSR count). The number of aromatic nitrogens is 1. The van der Waals surface area contributed by atoms with Gasteiger partial charge in [-0.2, -0.15) is 0 Å². The summed E-state index contributed by atoms with van der Waals surface area (Å²) in [6.07, 6.45) is 3.96. The maximum absolute atomic E-state index is 11.8. The number of nitrogens with zero attached hydrogens (tertiary/aromatic N) is 1. The smallest absolute Gasteiger partial charge is 0.231 e. The number of hydrogen-bond donors (Lipinski definition) is 2. The van der Waals surface area contributed by atoms with Crippen molar-refractivity contribution in [1.82, 2.24) is 15.6 Å². The number of hydrogen-bond acceptors (Lipinski definition) is 5. The van der Waals surface area contributed by atoms with Crippen molar-refractivity contribution >= 4 is 5.91 Å². The number of ether oxygens (including phenoxy) is 2. The van der Waals surface area contributed by atoms with Crippen LogP contribution >= 0.6 is 0 Å². The van der Waals surface area contributed by atoms with Crippen molar-refractivity contribution in [2.75, 3.05) is 13.3 Å². The summed E-state index contributed by atoms with van der Waals surface area (Å²) >= 11 is 0. The zero-order valence-corrected chi connectivity index (χ0v) is 12.7. The SMILES string of the molecule is O=C(CCNCc1ccncc1)NCc1ccc2c(c1)OCO2. The molecule has 6 nitrogen and oxygen atoms in total. The minimum absolute atomic E-state index is 0.0184. The van der Waals surface area contributed by atoms with Crippen LogP contribution in [0.5, 0.6) is 11.5 Å². The first kappa shape index (κ1) is 15.3. The lowest BCUT2D eigenvalue weighted by molar-refractivity contribution is -0.121. The van der Waals surface area contributed by atoms with Crippen molar-refractivity contribution in [2.45, 2.75) is 19.5 Å². The lowest BCUT2D eigenvalue weighted by Crippen LogP contribution is -2.27. The van der Waals surface area contributed by atoms with Crippen molar-refractivity contribution in [2.24, 2.45) is 0 Å². The fourth-order valence-corrected chi connectivity index (χ4v) is 2.28. The van der Waals surface area contributed by atoms with E-state index in [-0.39, 0.29) is 12.7 Å². The Bertz CT molecular complexity index is 661. The van der Waals surface area contributed by atoms with Gasteiger partial charge in [-0.3, -0.25) is 9.78 Å². The van der Waals surface area contributed by atoms with Gasteiger partial charge in [-0.1, -0.05) is 6.07 Å². The molecule has 0 saturated heterocycles. The molecule has 1 aliphatic rings. The fraction of sp³-hybridized carbons (Fsp3) is 0.294. The average molecular weight is 313 g/mol. The normalized spacial score (nSPS) is 12.2. The zero-order chi connectivity index (χ0) is 15.9.